The van der Waals surface area contributed by atoms with Gasteiger partial charge in [0.1, 0.15) is 17.6 Å². The van der Waals surface area contributed by atoms with Gasteiger partial charge in [-0.25, -0.2) is 9.18 Å². The second-order valence-electron chi connectivity index (χ2n) is 5.10. The van der Waals surface area contributed by atoms with Crippen LogP contribution in [0.15, 0.2) is 55.5 Å². The summed E-state index contributed by atoms with van der Waals surface area (Å²) in [5.41, 5.74) is 1.30. The molecule has 7 heteroatoms. The van der Waals surface area contributed by atoms with E-state index in [2.05, 4.69) is 17.6 Å². The summed E-state index contributed by atoms with van der Waals surface area (Å²) in [7, 11) is 3.14. The van der Waals surface area contributed by atoms with Gasteiger partial charge in [-0.15, -0.1) is 12.6 Å². The van der Waals surface area contributed by atoms with E-state index >= 15 is 0 Å². The normalized spacial score (nSPS) is 12.8. The summed E-state index contributed by atoms with van der Waals surface area (Å²) in [6.07, 6.45) is 1.58. The summed E-state index contributed by atoms with van der Waals surface area (Å²) in [4.78, 5) is 16.6. The largest absolute Gasteiger partial charge is 0.496 e. The van der Waals surface area contributed by atoms with Gasteiger partial charge in [-0.05, 0) is 12.1 Å². The van der Waals surface area contributed by atoms with Crippen molar-refractivity contribution in [2.24, 2.45) is 4.99 Å². The molecule has 0 aliphatic rings. The van der Waals surface area contributed by atoms with Crippen molar-refractivity contribution in [3.05, 3.63) is 58.3 Å². The highest BCUT2D eigenvalue weighted by molar-refractivity contribution is 7.80. The lowest BCUT2D eigenvalue weighted by Crippen LogP contribution is -2.23. The lowest BCUT2D eigenvalue weighted by atomic mass is 10.1. The number of halogens is 1. The number of methoxy groups -OCH3 is 1. The Bertz CT molecular complexity index is 978. The number of fused-ring (bicyclic) bond motifs is 1. The van der Waals surface area contributed by atoms with Crippen molar-refractivity contribution in [3.8, 4) is 5.75 Å². The van der Waals surface area contributed by atoms with Crippen LogP contribution < -0.4 is 10.5 Å². The average molecular weight is 346 g/mol. The second-order valence-corrected chi connectivity index (χ2v) is 5.59. The fourth-order valence-electron chi connectivity index (χ4n) is 2.65. The van der Waals surface area contributed by atoms with Crippen LogP contribution in [-0.4, -0.2) is 24.9 Å². The lowest BCUT2D eigenvalue weighted by Gasteiger charge is -2.17. The Hall–Kier alpha value is -2.54. The van der Waals surface area contributed by atoms with Crippen LogP contribution in [0.25, 0.3) is 11.1 Å². The predicted molar refractivity (Wildman–Crippen MR) is 93.2 cm³/mol. The first-order valence-corrected chi connectivity index (χ1v) is 7.60. The van der Waals surface area contributed by atoms with Crippen molar-refractivity contribution < 1.29 is 13.5 Å². The minimum atomic E-state index is -0.612. The Labute approximate surface area is 142 Å². The van der Waals surface area contributed by atoms with Crippen LogP contribution in [0.4, 0.5) is 4.39 Å². The average Bonchev–Trinajstić information content (AvgIpc) is 2.88. The molecule has 0 fully saturated rings. The molecule has 1 atom stereocenters. The fourth-order valence-corrected chi connectivity index (χ4v) is 2.83. The Morgan fingerprint density at radius 1 is 1.38 bits per heavy atom. The molecule has 0 aliphatic heterocycles. The van der Waals surface area contributed by atoms with Crippen LogP contribution in [0.5, 0.6) is 5.75 Å². The summed E-state index contributed by atoms with van der Waals surface area (Å²) in [6, 6.07) is 9.28. The molecule has 0 bridgehead atoms. The van der Waals surface area contributed by atoms with Gasteiger partial charge in [0.15, 0.2) is 5.58 Å². The summed E-state index contributed by atoms with van der Waals surface area (Å²) >= 11 is 4.02. The van der Waals surface area contributed by atoms with E-state index < -0.39 is 17.6 Å². The summed E-state index contributed by atoms with van der Waals surface area (Å²) in [5.74, 6) is -0.554. The van der Waals surface area contributed by atoms with Gasteiger partial charge >= 0.3 is 5.76 Å². The number of aromatic nitrogens is 1. The van der Waals surface area contributed by atoms with Gasteiger partial charge in [-0.1, -0.05) is 18.2 Å². The van der Waals surface area contributed by atoms with E-state index in [4.69, 9.17) is 9.15 Å². The third-order valence-electron chi connectivity index (χ3n) is 3.71. The number of rotatable bonds is 4. The van der Waals surface area contributed by atoms with Crippen molar-refractivity contribution >= 4 is 29.9 Å². The topological polar surface area (TPSA) is 56.7 Å². The van der Waals surface area contributed by atoms with Gasteiger partial charge < -0.3 is 9.15 Å². The molecule has 3 aromatic rings. The smallest absolute Gasteiger partial charge is 0.420 e. The number of ether oxygens (including phenoxy) is 1. The molecular weight excluding hydrogens is 331 g/mol. The maximum absolute atomic E-state index is 13.9. The van der Waals surface area contributed by atoms with Crippen molar-refractivity contribution in [3.63, 3.8) is 0 Å². The first-order valence-electron chi connectivity index (χ1n) is 7.15. The summed E-state index contributed by atoms with van der Waals surface area (Å²) < 4.78 is 25.9. The maximum Gasteiger partial charge on any atom is 0.420 e. The SMILES string of the molecule is C/N=C/C(c1ccccc1OC)n1c(=O)oc2cc(S)c(F)cc21. The number of oxazole rings is 1. The molecule has 0 spiro atoms. The van der Waals surface area contributed by atoms with Crippen LogP contribution in [0.2, 0.25) is 0 Å². The van der Waals surface area contributed by atoms with E-state index in [-0.39, 0.29) is 10.5 Å². The fraction of sp³-hybridized carbons (Fsp3) is 0.176. The van der Waals surface area contributed by atoms with E-state index in [1.807, 2.05) is 18.2 Å². The molecule has 0 saturated carbocycles. The van der Waals surface area contributed by atoms with Crippen LogP contribution in [0.1, 0.15) is 11.6 Å². The zero-order valence-electron chi connectivity index (χ0n) is 13.1. The first kappa shape index (κ1) is 16.3. The van der Waals surface area contributed by atoms with Crippen LogP contribution in [-0.2, 0) is 0 Å². The lowest BCUT2D eigenvalue weighted by molar-refractivity contribution is 0.405. The molecule has 1 heterocycles. The van der Waals surface area contributed by atoms with Gasteiger partial charge in [-0.2, -0.15) is 0 Å². The Morgan fingerprint density at radius 3 is 2.83 bits per heavy atom. The maximum atomic E-state index is 13.9. The molecular formula is C17H15FN2O3S. The highest BCUT2D eigenvalue weighted by Gasteiger charge is 2.22. The first-order chi connectivity index (χ1) is 11.6. The molecule has 5 nitrogen and oxygen atoms in total. The van der Waals surface area contributed by atoms with Gasteiger partial charge in [-0.3, -0.25) is 9.56 Å². The van der Waals surface area contributed by atoms with Crippen LogP contribution in [0, 0.1) is 5.82 Å². The molecule has 0 saturated heterocycles. The minimum Gasteiger partial charge on any atom is -0.496 e. The van der Waals surface area contributed by atoms with E-state index in [0.29, 0.717) is 16.8 Å². The molecule has 2 aromatic carbocycles. The number of nitrogens with zero attached hydrogens (tertiary/aromatic N) is 2. The molecule has 1 aromatic heterocycles. The second kappa shape index (κ2) is 6.52. The molecule has 124 valence electrons. The Balaban J connectivity index is 2.31. The molecule has 3 rings (SSSR count). The van der Waals surface area contributed by atoms with Crippen LogP contribution in [0.3, 0.4) is 0 Å². The zero-order chi connectivity index (χ0) is 17.3. The van der Waals surface area contributed by atoms with Crippen molar-refractivity contribution in [1.29, 1.82) is 0 Å². The van der Waals surface area contributed by atoms with E-state index in [1.165, 1.54) is 16.7 Å². The number of aliphatic imine (C=N–C) groups is 1. The molecule has 0 radical (unpaired) electrons. The van der Waals surface area contributed by atoms with Gasteiger partial charge in [0.2, 0.25) is 0 Å². The standard InChI is InChI=1S/C17H15FN2O3S/c1-19-9-13(10-5-3-4-6-14(10)22-2)20-12-7-11(18)16(24)8-15(12)23-17(20)21/h3-9,13,24H,1-2H3/b19-9+. The number of para-hydroxylation sites is 1. The van der Waals surface area contributed by atoms with Gasteiger partial charge in [0, 0.05) is 29.8 Å². The molecule has 1 unspecified atom stereocenters. The number of hydrogen-bond acceptors (Lipinski definition) is 5. The Morgan fingerprint density at radius 2 is 2.12 bits per heavy atom. The van der Waals surface area contributed by atoms with Crippen molar-refractivity contribution in [2.75, 3.05) is 14.2 Å². The van der Waals surface area contributed by atoms with Crippen LogP contribution >= 0.6 is 12.6 Å². The molecule has 0 amide bonds. The summed E-state index contributed by atoms with van der Waals surface area (Å²) in [6.45, 7) is 0. The zero-order valence-corrected chi connectivity index (χ0v) is 14.0. The van der Waals surface area contributed by atoms with E-state index in [9.17, 15) is 9.18 Å². The predicted octanol–water partition coefficient (Wildman–Crippen LogP) is 3.32. The van der Waals surface area contributed by atoms with E-state index in [0.717, 1.165) is 0 Å². The van der Waals surface area contributed by atoms with Crippen molar-refractivity contribution in [1.82, 2.24) is 4.57 Å². The molecule has 0 aliphatic carbocycles. The quantitative estimate of drug-likeness (QED) is 0.582. The highest BCUT2D eigenvalue weighted by Crippen LogP contribution is 2.30. The number of benzene rings is 2. The molecule has 24 heavy (non-hydrogen) atoms. The summed E-state index contributed by atoms with van der Waals surface area (Å²) in [5, 5.41) is 0. The Kier molecular flexibility index (Phi) is 4.44. The van der Waals surface area contributed by atoms with E-state index in [1.54, 1.807) is 26.4 Å². The van der Waals surface area contributed by atoms with Crippen molar-refractivity contribution in [2.45, 2.75) is 10.9 Å². The minimum absolute atomic E-state index is 0.112. The third kappa shape index (κ3) is 2.71. The number of thiol groups is 1. The number of hydrogen-bond donors (Lipinski definition) is 1. The third-order valence-corrected chi connectivity index (χ3v) is 4.05. The van der Waals surface area contributed by atoms with Gasteiger partial charge in [0.25, 0.3) is 0 Å². The highest BCUT2D eigenvalue weighted by atomic mass is 32.1. The molecule has 0 N–H and O–H groups in total. The van der Waals surface area contributed by atoms with Gasteiger partial charge in [0.05, 0.1) is 12.6 Å². The monoisotopic (exact) mass is 346 g/mol.